The molecule has 3 rings (SSSR count). The predicted octanol–water partition coefficient (Wildman–Crippen LogP) is 6.18. The number of benzene rings is 2. The zero-order chi connectivity index (χ0) is 27.3. The van der Waals surface area contributed by atoms with Crippen LogP contribution in [0.25, 0.3) is 0 Å². The molecule has 1 atom stereocenters. The first-order valence-electron chi connectivity index (χ1n) is 13.7. The monoisotopic (exact) mass is 537 g/mol. The summed E-state index contributed by atoms with van der Waals surface area (Å²) < 4.78 is 13.4. The first-order chi connectivity index (χ1) is 17.3. The fourth-order valence-electron chi connectivity index (χ4n) is 4.87. The van der Waals surface area contributed by atoms with Gasteiger partial charge in [-0.3, -0.25) is 4.79 Å². The molecule has 0 aromatic heterocycles. The van der Waals surface area contributed by atoms with Gasteiger partial charge in [0, 0.05) is 24.8 Å². The summed E-state index contributed by atoms with van der Waals surface area (Å²) in [5, 5.41) is 6.29. The first-order valence-corrected chi connectivity index (χ1v) is 18.5. The summed E-state index contributed by atoms with van der Waals surface area (Å²) in [5.74, 6) is 0.186. The van der Waals surface area contributed by atoms with E-state index < -0.39 is 16.6 Å². The molecule has 0 unspecified atom stereocenters. The van der Waals surface area contributed by atoms with Gasteiger partial charge in [0.25, 0.3) is 8.32 Å². The minimum absolute atomic E-state index is 0.0409. The molecule has 6 heteroatoms. The molecule has 0 bridgehead atoms. The van der Waals surface area contributed by atoms with Gasteiger partial charge >= 0.3 is 0 Å². The standard InChI is InChI=1S/C31H47NO3Si2/c1-30(2,3)36(7,8)35-24-26-23-27(33)22-25(32-26)16-15-21-34-37(31(4,5)6,28-17-11-9-12-18-28)29-19-13-10-14-20-29/h9-14,17-20,22,26,32H,15-16,21,23-24H2,1-8H3/t26-/m1/s1. The Morgan fingerprint density at radius 1 is 0.838 bits per heavy atom. The molecule has 0 aliphatic carbocycles. The summed E-state index contributed by atoms with van der Waals surface area (Å²) in [4.78, 5) is 12.5. The van der Waals surface area contributed by atoms with Crippen LogP contribution in [-0.2, 0) is 13.6 Å². The van der Waals surface area contributed by atoms with Crippen molar-refractivity contribution < 1.29 is 13.6 Å². The van der Waals surface area contributed by atoms with Crippen LogP contribution in [-0.4, -0.2) is 41.7 Å². The second-order valence-electron chi connectivity index (χ2n) is 12.9. The normalized spacial score (nSPS) is 17.4. The molecule has 4 nitrogen and oxygen atoms in total. The third-order valence-electron chi connectivity index (χ3n) is 7.95. The van der Waals surface area contributed by atoms with Crippen molar-refractivity contribution in [2.45, 2.75) is 90.0 Å². The Labute approximate surface area is 227 Å². The van der Waals surface area contributed by atoms with Gasteiger partial charge < -0.3 is 14.2 Å². The van der Waals surface area contributed by atoms with E-state index in [0.29, 0.717) is 19.6 Å². The van der Waals surface area contributed by atoms with Gasteiger partial charge in [-0.05, 0) is 46.4 Å². The molecule has 0 saturated heterocycles. The van der Waals surface area contributed by atoms with E-state index in [1.807, 2.05) is 0 Å². The van der Waals surface area contributed by atoms with Crippen LogP contribution in [0, 0.1) is 0 Å². The topological polar surface area (TPSA) is 47.6 Å². The number of hydrogen-bond donors (Lipinski definition) is 1. The summed E-state index contributed by atoms with van der Waals surface area (Å²) in [5.41, 5.74) is 1.01. The lowest BCUT2D eigenvalue weighted by Gasteiger charge is -2.43. The van der Waals surface area contributed by atoms with E-state index >= 15 is 0 Å². The second-order valence-corrected chi connectivity index (χ2v) is 22.0. The Balaban J connectivity index is 1.68. The summed E-state index contributed by atoms with van der Waals surface area (Å²) >= 11 is 0. The van der Waals surface area contributed by atoms with Crippen LogP contribution in [0.2, 0.25) is 23.2 Å². The highest BCUT2D eigenvalue weighted by Gasteiger charge is 2.50. The van der Waals surface area contributed by atoms with Crippen LogP contribution >= 0.6 is 0 Å². The van der Waals surface area contributed by atoms with Gasteiger partial charge in [-0.1, -0.05) is 102 Å². The minimum Gasteiger partial charge on any atom is -0.415 e. The van der Waals surface area contributed by atoms with Gasteiger partial charge in [-0.25, -0.2) is 0 Å². The van der Waals surface area contributed by atoms with Gasteiger partial charge in [-0.15, -0.1) is 0 Å². The maximum Gasteiger partial charge on any atom is 0.261 e. The Kier molecular flexibility index (Phi) is 9.43. The highest BCUT2D eigenvalue weighted by atomic mass is 28.4. The minimum atomic E-state index is -2.54. The van der Waals surface area contributed by atoms with Crippen molar-refractivity contribution in [2.24, 2.45) is 0 Å². The molecule has 1 N–H and O–H groups in total. The van der Waals surface area contributed by atoms with E-state index in [1.165, 1.54) is 10.4 Å². The number of nitrogens with one attached hydrogen (secondary N) is 1. The van der Waals surface area contributed by atoms with Crippen LogP contribution < -0.4 is 15.7 Å². The number of carbonyl (C=O) groups is 1. The Bertz CT molecular complexity index is 1010. The quantitative estimate of drug-likeness (QED) is 0.290. The van der Waals surface area contributed by atoms with E-state index in [9.17, 15) is 4.79 Å². The second kappa shape index (κ2) is 11.8. The van der Waals surface area contributed by atoms with Crippen LogP contribution in [0.15, 0.2) is 72.4 Å². The fraction of sp³-hybridized carbons (Fsp3) is 0.516. The first kappa shape index (κ1) is 29.6. The van der Waals surface area contributed by atoms with Crippen molar-refractivity contribution in [3.63, 3.8) is 0 Å². The van der Waals surface area contributed by atoms with Crippen LogP contribution in [0.5, 0.6) is 0 Å². The van der Waals surface area contributed by atoms with Crippen molar-refractivity contribution in [2.75, 3.05) is 13.2 Å². The third kappa shape index (κ3) is 7.11. The summed E-state index contributed by atoms with van der Waals surface area (Å²) in [7, 11) is -4.39. The highest BCUT2D eigenvalue weighted by Crippen LogP contribution is 2.38. The lowest BCUT2D eigenvalue weighted by atomic mass is 10.0. The molecule has 37 heavy (non-hydrogen) atoms. The third-order valence-corrected chi connectivity index (χ3v) is 17.5. The van der Waals surface area contributed by atoms with E-state index in [4.69, 9.17) is 8.85 Å². The molecule has 0 fully saturated rings. The van der Waals surface area contributed by atoms with Crippen molar-refractivity contribution in [3.05, 3.63) is 72.4 Å². The highest BCUT2D eigenvalue weighted by molar-refractivity contribution is 6.99. The number of allylic oxidation sites excluding steroid dienone is 2. The van der Waals surface area contributed by atoms with Crippen molar-refractivity contribution >= 4 is 32.8 Å². The molecule has 0 saturated carbocycles. The zero-order valence-electron chi connectivity index (χ0n) is 24.2. The van der Waals surface area contributed by atoms with Crippen molar-refractivity contribution in [1.29, 1.82) is 0 Å². The number of carbonyl (C=O) groups excluding carboxylic acids is 1. The lowest BCUT2D eigenvalue weighted by molar-refractivity contribution is -0.115. The SMILES string of the molecule is CC(C)(C)[Si](C)(C)OC[C@H]1CC(=O)C=C(CCCO[Si](c2ccccc2)(c2ccccc2)C(C)(C)C)N1. The predicted molar refractivity (Wildman–Crippen MR) is 161 cm³/mol. The van der Waals surface area contributed by atoms with E-state index in [-0.39, 0.29) is 21.9 Å². The summed E-state index contributed by atoms with van der Waals surface area (Å²) in [6.45, 7) is 19.4. The zero-order valence-corrected chi connectivity index (χ0v) is 26.2. The Hall–Kier alpha value is -2.00. The number of ketones is 1. The number of hydrogen-bond acceptors (Lipinski definition) is 4. The Morgan fingerprint density at radius 2 is 1.38 bits per heavy atom. The van der Waals surface area contributed by atoms with Crippen LogP contribution in [0.1, 0.15) is 60.8 Å². The maximum absolute atomic E-state index is 12.5. The average Bonchev–Trinajstić information content (AvgIpc) is 2.82. The van der Waals surface area contributed by atoms with Crippen LogP contribution in [0.3, 0.4) is 0 Å². The molecule has 0 spiro atoms. The molecule has 1 heterocycles. The van der Waals surface area contributed by atoms with Gasteiger partial charge in [0.2, 0.25) is 0 Å². The largest absolute Gasteiger partial charge is 0.415 e. The van der Waals surface area contributed by atoms with Crippen molar-refractivity contribution in [3.8, 4) is 0 Å². The molecule has 0 radical (unpaired) electrons. The summed E-state index contributed by atoms with van der Waals surface area (Å²) in [6, 6.07) is 21.5. The van der Waals surface area contributed by atoms with Gasteiger partial charge in [-0.2, -0.15) is 0 Å². The molecule has 0 amide bonds. The molecule has 1 aliphatic heterocycles. The lowest BCUT2D eigenvalue weighted by Crippen LogP contribution is -2.66. The smallest absolute Gasteiger partial charge is 0.261 e. The average molecular weight is 538 g/mol. The van der Waals surface area contributed by atoms with E-state index in [2.05, 4.69) is 121 Å². The van der Waals surface area contributed by atoms with Gasteiger partial charge in [0.15, 0.2) is 14.1 Å². The molecular weight excluding hydrogens is 491 g/mol. The fourth-order valence-corrected chi connectivity index (χ4v) is 10.5. The molecule has 202 valence electrons. The van der Waals surface area contributed by atoms with Crippen molar-refractivity contribution in [1.82, 2.24) is 5.32 Å². The van der Waals surface area contributed by atoms with Gasteiger partial charge in [0.1, 0.15) is 0 Å². The summed E-state index contributed by atoms with van der Waals surface area (Å²) in [6.07, 6.45) is 3.93. The van der Waals surface area contributed by atoms with E-state index in [1.54, 1.807) is 6.08 Å². The maximum atomic E-state index is 12.5. The molecular formula is C31H47NO3Si2. The number of rotatable bonds is 10. The van der Waals surface area contributed by atoms with Crippen LogP contribution in [0.4, 0.5) is 0 Å². The van der Waals surface area contributed by atoms with E-state index in [0.717, 1.165) is 18.5 Å². The molecule has 2 aromatic rings. The Morgan fingerprint density at radius 3 is 1.86 bits per heavy atom. The molecule has 2 aromatic carbocycles. The van der Waals surface area contributed by atoms with Gasteiger partial charge in [0.05, 0.1) is 12.6 Å². The molecule has 1 aliphatic rings.